The number of amides is 2. The molecule has 1 atom stereocenters. The van der Waals surface area contributed by atoms with E-state index in [4.69, 9.17) is 0 Å². The summed E-state index contributed by atoms with van der Waals surface area (Å²) in [6.07, 6.45) is 3.42. The molecule has 0 aliphatic carbocycles. The van der Waals surface area contributed by atoms with E-state index in [0.717, 1.165) is 17.9 Å². The minimum atomic E-state index is -0.446. The molecule has 1 aliphatic heterocycles. The maximum absolute atomic E-state index is 12.1. The Bertz CT molecular complexity index is 551. The van der Waals surface area contributed by atoms with Gasteiger partial charge in [0.1, 0.15) is 11.9 Å². The number of hydrogen-bond acceptors (Lipinski definition) is 6. The molecule has 0 saturated carbocycles. The number of imide groups is 1. The topological polar surface area (TPSA) is 87.2 Å². The summed E-state index contributed by atoms with van der Waals surface area (Å²) in [5.74, 6) is 0.671. The van der Waals surface area contributed by atoms with Crippen LogP contribution in [0.25, 0.3) is 0 Å². The molecule has 2 rings (SSSR count). The molecule has 1 fully saturated rings. The maximum atomic E-state index is 12.1. The number of hydrogen-bond donors (Lipinski definition) is 2. The van der Waals surface area contributed by atoms with Gasteiger partial charge in [-0.1, -0.05) is 6.92 Å². The molecular formula is C13H18BrN5O2. The average Bonchev–Trinajstić information content (AvgIpc) is 2.48. The van der Waals surface area contributed by atoms with E-state index in [1.165, 1.54) is 7.05 Å². The monoisotopic (exact) mass is 355 g/mol. The number of nitrogens with zero attached hydrogens (tertiary/aromatic N) is 3. The van der Waals surface area contributed by atoms with Crippen molar-refractivity contribution < 1.29 is 9.59 Å². The Hall–Kier alpha value is -1.70. The fourth-order valence-electron chi connectivity index (χ4n) is 2.00. The van der Waals surface area contributed by atoms with E-state index in [9.17, 15) is 9.59 Å². The third kappa shape index (κ3) is 3.69. The van der Waals surface area contributed by atoms with Crippen LogP contribution in [0.5, 0.6) is 0 Å². The molecule has 7 nitrogen and oxygen atoms in total. The SMILES string of the molecule is CCCNc1ncc(Br)c(NC2CCC(=O)N(C)C2=O)n1. The number of carbonyl (C=O) groups is 2. The number of piperidine rings is 1. The first-order valence-electron chi connectivity index (χ1n) is 6.86. The van der Waals surface area contributed by atoms with E-state index in [0.29, 0.717) is 29.1 Å². The smallest absolute Gasteiger partial charge is 0.251 e. The normalized spacial score (nSPS) is 18.8. The van der Waals surface area contributed by atoms with Crippen LogP contribution in [-0.2, 0) is 9.59 Å². The van der Waals surface area contributed by atoms with Gasteiger partial charge in [-0.2, -0.15) is 4.98 Å². The number of rotatable bonds is 5. The van der Waals surface area contributed by atoms with Gasteiger partial charge in [0.05, 0.1) is 4.47 Å². The Morgan fingerprint density at radius 2 is 2.24 bits per heavy atom. The average molecular weight is 356 g/mol. The zero-order valence-electron chi connectivity index (χ0n) is 12.0. The van der Waals surface area contributed by atoms with Crippen molar-refractivity contribution >= 4 is 39.5 Å². The summed E-state index contributed by atoms with van der Waals surface area (Å²) < 4.78 is 0.678. The molecule has 0 spiro atoms. The second kappa shape index (κ2) is 6.84. The molecule has 2 amide bonds. The Kier molecular flexibility index (Phi) is 5.11. The van der Waals surface area contributed by atoms with Gasteiger partial charge in [-0.3, -0.25) is 14.5 Å². The predicted molar refractivity (Wildman–Crippen MR) is 82.9 cm³/mol. The van der Waals surface area contributed by atoms with E-state index in [-0.39, 0.29) is 11.8 Å². The lowest BCUT2D eigenvalue weighted by Gasteiger charge is -2.28. The van der Waals surface area contributed by atoms with Gasteiger partial charge in [0.25, 0.3) is 5.91 Å². The molecule has 21 heavy (non-hydrogen) atoms. The summed E-state index contributed by atoms with van der Waals surface area (Å²) in [6, 6.07) is -0.446. The number of aromatic nitrogens is 2. The highest BCUT2D eigenvalue weighted by Crippen LogP contribution is 2.23. The second-order valence-electron chi connectivity index (χ2n) is 4.84. The molecule has 1 aromatic heterocycles. The van der Waals surface area contributed by atoms with E-state index < -0.39 is 6.04 Å². The molecule has 1 unspecified atom stereocenters. The largest absolute Gasteiger partial charge is 0.357 e. The van der Waals surface area contributed by atoms with Crippen molar-refractivity contribution in [3.8, 4) is 0 Å². The lowest BCUT2D eigenvalue weighted by molar-refractivity contribution is -0.146. The van der Waals surface area contributed by atoms with Crippen LogP contribution in [0.15, 0.2) is 10.7 Å². The Morgan fingerprint density at radius 3 is 2.95 bits per heavy atom. The maximum Gasteiger partial charge on any atom is 0.251 e. The van der Waals surface area contributed by atoms with Crippen molar-refractivity contribution in [2.75, 3.05) is 24.2 Å². The van der Waals surface area contributed by atoms with E-state index in [2.05, 4.69) is 43.5 Å². The van der Waals surface area contributed by atoms with Crippen molar-refractivity contribution in [3.05, 3.63) is 10.7 Å². The Morgan fingerprint density at radius 1 is 1.48 bits per heavy atom. The molecule has 2 N–H and O–H groups in total. The number of carbonyl (C=O) groups excluding carboxylic acids is 2. The summed E-state index contributed by atoms with van der Waals surface area (Å²) in [7, 11) is 1.50. The Labute approximate surface area is 131 Å². The van der Waals surface area contributed by atoms with Gasteiger partial charge >= 0.3 is 0 Å². The fourth-order valence-corrected chi connectivity index (χ4v) is 2.31. The second-order valence-corrected chi connectivity index (χ2v) is 5.70. The molecule has 0 aromatic carbocycles. The molecule has 8 heteroatoms. The van der Waals surface area contributed by atoms with Gasteiger partial charge in [-0.05, 0) is 28.8 Å². The first-order chi connectivity index (χ1) is 10.0. The summed E-state index contributed by atoms with van der Waals surface area (Å²) in [5.41, 5.74) is 0. The van der Waals surface area contributed by atoms with Crippen LogP contribution in [0.2, 0.25) is 0 Å². The highest BCUT2D eigenvalue weighted by Gasteiger charge is 2.32. The van der Waals surface area contributed by atoms with E-state index in [1.54, 1.807) is 6.20 Å². The van der Waals surface area contributed by atoms with E-state index >= 15 is 0 Å². The number of halogens is 1. The minimum Gasteiger partial charge on any atom is -0.357 e. The van der Waals surface area contributed by atoms with Crippen LogP contribution < -0.4 is 10.6 Å². The van der Waals surface area contributed by atoms with Crippen LogP contribution >= 0.6 is 15.9 Å². The summed E-state index contributed by atoms with van der Waals surface area (Å²) in [6.45, 7) is 2.83. The lowest BCUT2D eigenvalue weighted by atomic mass is 10.0. The molecule has 0 bridgehead atoms. The summed E-state index contributed by atoms with van der Waals surface area (Å²) in [5, 5.41) is 6.18. The van der Waals surface area contributed by atoms with Gasteiger partial charge in [0.2, 0.25) is 11.9 Å². The minimum absolute atomic E-state index is 0.148. The first-order valence-corrected chi connectivity index (χ1v) is 7.65. The van der Waals surface area contributed by atoms with Crippen molar-refractivity contribution in [2.24, 2.45) is 0 Å². The van der Waals surface area contributed by atoms with Gasteiger partial charge < -0.3 is 10.6 Å². The molecule has 114 valence electrons. The molecular weight excluding hydrogens is 338 g/mol. The predicted octanol–water partition coefficient (Wildman–Crippen LogP) is 1.62. The summed E-state index contributed by atoms with van der Waals surface area (Å²) in [4.78, 5) is 33.2. The van der Waals surface area contributed by atoms with Gasteiger partial charge in [0.15, 0.2) is 0 Å². The number of likely N-dealkylation sites (N-methyl/N-ethyl adjacent to an activating group) is 1. The third-order valence-electron chi connectivity index (χ3n) is 3.24. The molecule has 0 radical (unpaired) electrons. The molecule has 1 aromatic rings. The quantitative estimate of drug-likeness (QED) is 0.780. The van der Waals surface area contributed by atoms with Crippen molar-refractivity contribution in [1.29, 1.82) is 0 Å². The van der Waals surface area contributed by atoms with E-state index in [1.807, 2.05) is 0 Å². The van der Waals surface area contributed by atoms with Crippen LogP contribution in [0, 0.1) is 0 Å². The first kappa shape index (κ1) is 15.7. The fraction of sp³-hybridized carbons (Fsp3) is 0.538. The zero-order chi connectivity index (χ0) is 15.4. The van der Waals surface area contributed by atoms with Crippen molar-refractivity contribution in [1.82, 2.24) is 14.9 Å². The van der Waals surface area contributed by atoms with Crippen molar-refractivity contribution in [2.45, 2.75) is 32.2 Å². The standard InChI is InChI=1S/C13H18BrN5O2/c1-3-6-15-13-16-7-8(14)11(18-13)17-9-4-5-10(20)19(2)12(9)21/h7,9H,3-6H2,1-2H3,(H2,15,16,17,18). The number of anilines is 2. The summed E-state index contributed by atoms with van der Waals surface area (Å²) >= 11 is 3.37. The lowest BCUT2D eigenvalue weighted by Crippen LogP contribution is -2.48. The van der Waals surface area contributed by atoms with Gasteiger partial charge in [0, 0.05) is 26.2 Å². The molecule has 1 saturated heterocycles. The highest BCUT2D eigenvalue weighted by molar-refractivity contribution is 9.10. The van der Waals surface area contributed by atoms with Crippen LogP contribution in [0.4, 0.5) is 11.8 Å². The van der Waals surface area contributed by atoms with Gasteiger partial charge in [-0.15, -0.1) is 0 Å². The third-order valence-corrected chi connectivity index (χ3v) is 3.82. The van der Waals surface area contributed by atoms with Crippen LogP contribution in [-0.4, -0.2) is 46.3 Å². The van der Waals surface area contributed by atoms with Crippen LogP contribution in [0.3, 0.4) is 0 Å². The zero-order valence-corrected chi connectivity index (χ0v) is 13.6. The molecule has 1 aliphatic rings. The number of likely N-dealkylation sites (tertiary alicyclic amines) is 1. The van der Waals surface area contributed by atoms with Crippen LogP contribution in [0.1, 0.15) is 26.2 Å². The number of nitrogens with one attached hydrogen (secondary N) is 2. The molecule has 2 heterocycles. The Balaban J connectivity index is 2.11. The van der Waals surface area contributed by atoms with Gasteiger partial charge in [-0.25, -0.2) is 4.98 Å². The highest BCUT2D eigenvalue weighted by atomic mass is 79.9. The van der Waals surface area contributed by atoms with Crippen molar-refractivity contribution in [3.63, 3.8) is 0 Å².